The molecule has 2 amide bonds. The largest absolute Gasteiger partial charge is 0.341 e. The number of amides is 2. The maximum atomic E-state index is 12.8. The van der Waals surface area contributed by atoms with Gasteiger partial charge in [-0.15, -0.1) is 0 Å². The van der Waals surface area contributed by atoms with Crippen molar-refractivity contribution in [3.63, 3.8) is 0 Å². The first-order valence-electron chi connectivity index (χ1n) is 8.30. The minimum Gasteiger partial charge on any atom is -0.341 e. The smallest absolute Gasteiger partial charge is 0.251 e. The molecule has 0 saturated carbocycles. The van der Waals surface area contributed by atoms with Gasteiger partial charge in [0.25, 0.3) is 5.91 Å². The van der Waals surface area contributed by atoms with Crippen LogP contribution in [0.3, 0.4) is 0 Å². The van der Waals surface area contributed by atoms with Gasteiger partial charge in [-0.3, -0.25) is 9.59 Å². The molecule has 23 heavy (non-hydrogen) atoms. The third kappa shape index (κ3) is 4.55. The topological polar surface area (TPSA) is 75.4 Å². The molecule has 0 bridgehead atoms. The molecule has 2 rings (SSSR count). The van der Waals surface area contributed by atoms with Crippen LogP contribution in [0.4, 0.5) is 0 Å². The Bertz CT molecular complexity index is 563. The summed E-state index contributed by atoms with van der Waals surface area (Å²) < 4.78 is 0. The van der Waals surface area contributed by atoms with Gasteiger partial charge < -0.3 is 16.0 Å². The monoisotopic (exact) mass is 317 g/mol. The van der Waals surface area contributed by atoms with Crippen molar-refractivity contribution in [1.82, 2.24) is 10.2 Å². The summed E-state index contributed by atoms with van der Waals surface area (Å²) >= 11 is 0. The number of carbonyl (C=O) groups excluding carboxylic acids is 2. The van der Waals surface area contributed by atoms with Gasteiger partial charge in [-0.05, 0) is 37.8 Å². The fraction of sp³-hybridized carbons (Fsp3) is 0.556. The van der Waals surface area contributed by atoms with Crippen molar-refractivity contribution in [2.75, 3.05) is 13.1 Å². The average molecular weight is 317 g/mol. The first-order valence-corrected chi connectivity index (χ1v) is 8.30. The molecule has 5 nitrogen and oxygen atoms in total. The highest BCUT2D eigenvalue weighted by molar-refractivity contribution is 5.97. The molecule has 0 radical (unpaired) electrons. The van der Waals surface area contributed by atoms with Gasteiger partial charge in [-0.2, -0.15) is 0 Å². The number of carbonyl (C=O) groups is 2. The molecule has 1 aromatic rings. The Morgan fingerprint density at radius 3 is 2.48 bits per heavy atom. The molecule has 0 aliphatic carbocycles. The van der Waals surface area contributed by atoms with E-state index in [0.29, 0.717) is 18.7 Å². The minimum absolute atomic E-state index is 0.00657. The SMILES string of the molecule is Cc1cccc(C(=O)NC(C(=O)N2CCC(N)CC2)C(C)C)c1. The van der Waals surface area contributed by atoms with Crippen molar-refractivity contribution in [2.24, 2.45) is 11.7 Å². The van der Waals surface area contributed by atoms with Crippen LogP contribution < -0.4 is 11.1 Å². The van der Waals surface area contributed by atoms with E-state index in [1.807, 2.05) is 43.9 Å². The summed E-state index contributed by atoms with van der Waals surface area (Å²) in [6.07, 6.45) is 1.64. The van der Waals surface area contributed by atoms with E-state index in [-0.39, 0.29) is 23.8 Å². The third-order valence-corrected chi connectivity index (χ3v) is 4.35. The van der Waals surface area contributed by atoms with Crippen molar-refractivity contribution in [3.8, 4) is 0 Å². The van der Waals surface area contributed by atoms with Crippen molar-refractivity contribution in [2.45, 2.75) is 45.7 Å². The fourth-order valence-corrected chi connectivity index (χ4v) is 2.84. The van der Waals surface area contributed by atoms with Crippen molar-refractivity contribution in [1.29, 1.82) is 0 Å². The number of nitrogens with zero attached hydrogens (tertiary/aromatic N) is 1. The Morgan fingerprint density at radius 2 is 1.91 bits per heavy atom. The molecule has 1 aromatic carbocycles. The number of rotatable bonds is 4. The molecule has 1 fully saturated rings. The normalized spacial score (nSPS) is 17.2. The fourth-order valence-electron chi connectivity index (χ4n) is 2.84. The molecule has 126 valence electrons. The van der Waals surface area contributed by atoms with Crippen LogP contribution in [-0.2, 0) is 4.79 Å². The predicted molar refractivity (Wildman–Crippen MR) is 91.1 cm³/mol. The zero-order valence-electron chi connectivity index (χ0n) is 14.2. The predicted octanol–water partition coefficient (Wildman–Crippen LogP) is 1.70. The van der Waals surface area contributed by atoms with Gasteiger partial charge in [0.2, 0.25) is 5.91 Å². The molecule has 1 unspecified atom stereocenters. The zero-order chi connectivity index (χ0) is 17.0. The van der Waals surface area contributed by atoms with E-state index >= 15 is 0 Å². The molecule has 1 aliphatic rings. The van der Waals surface area contributed by atoms with Crippen molar-refractivity contribution < 1.29 is 9.59 Å². The van der Waals surface area contributed by atoms with E-state index < -0.39 is 6.04 Å². The van der Waals surface area contributed by atoms with Crippen LogP contribution in [0.2, 0.25) is 0 Å². The van der Waals surface area contributed by atoms with E-state index in [1.165, 1.54) is 0 Å². The summed E-state index contributed by atoms with van der Waals surface area (Å²) in [5.74, 6) is -0.172. The van der Waals surface area contributed by atoms with Gasteiger partial charge >= 0.3 is 0 Å². The zero-order valence-corrected chi connectivity index (χ0v) is 14.2. The van der Waals surface area contributed by atoms with Crippen molar-refractivity contribution in [3.05, 3.63) is 35.4 Å². The Morgan fingerprint density at radius 1 is 1.26 bits per heavy atom. The maximum absolute atomic E-state index is 12.8. The van der Waals surface area contributed by atoms with Gasteiger partial charge in [0, 0.05) is 24.7 Å². The first kappa shape index (κ1) is 17.5. The molecule has 0 aromatic heterocycles. The summed E-state index contributed by atoms with van der Waals surface area (Å²) in [5.41, 5.74) is 7.51. The maximum Gasteiger partial charge on any atom is 0.251 e. The first-order chi connectivity index (χ1) is 10.9. The summed E-state index contributed by atoms with van der Waals surface area (Å²) in [4.78, 5) is 27.0. The number of nitrogens with two attached hydrogens (primary N) is 1. The highest BCUT2D eigenvalue weighted by Crippen LogP contribution is 2.14. The van der Waals surface area contributed by atoms with Gasteiger partial charge in [0.15, 0.2) is 0 Å². The molecule has 5 heteroatoms. The third-order valence-electron chi connectivity index (χ3n) is 4.35. The number of likely N-dealkylation sites (tertiary alicyclic amines) is 1. The van der Waals surface area contributed by atoms with Crippen LogP contribution in [0.15, 0.2) is 24.3 Å². The second-order valence-electron chi connectivity index (χ2n) is 6.73. The van der Waals surface area contributed by atoms with Crippen LogP contribution in [0, 0.1) is 12.8 Å². The highest BCUT2D eigenvalue weighted by atomic mass is 16.2. The number of hydrogen-bond acceptors (Lipinski definition) is 3. The Kier molecular flexibility index (Phi) is 5.77. The van der Waals surface area contributed by atoms with Crippen LogP contribution in [0.5, 0.6) is 0 Å². The number of piperidine rings is 1. The average Bonchev–Trinajstić information content (AvgIpc) is 2.52. The standard InChI is InChI=1S/C18H27N3O2/c1-12(2)16(18(23)21-9-7-15(19)8-10-21)20-17(22)14-6-4-5-13(3)11-14/h4-6,11-12,15-16H,7-10,19H2,1-3H3,(H,20,22). The summed E-state index contributed by atoms with van der Waals surface area (Å²) in [5, 5.41) is 2.91. The highest BCUT2D eigenvalue weighted by Gasteiger charge is 2.30. The minimum atomic E-state index is -0.502. The molecule has 1 saturated heterocycles. The van der Waals surface area contributed by atoms with Gasteiger partial charge in [0.05, 0.1) is 0 Å². The molecular weight excluding hydrogens is 290 g/mol. The second-order valence-corrected chi connectivity index (χ2v) is 6.73. The van der Waals surface area contributed by atoms with E-state index in [2.05, 4.69) is 5.32 Å². The van der Waals surface area contributed by atoms with Crippen LogP contribution in [0.1, 0.15) is 42.6 Å². The van der Waals surface area contributed by atoms with Crippen molar-refractivity contribution >= 4 is 11.8 Å². The molecule has 1 atom stereocenters. The number of nitrogens with one attached hydrogen (secondary N) is 1. The van der Waals surface area contributed by atoms with Gasteiger partial charge in [-0.1, -0.05) is 31.5 Å². The van der Waals surface area contributed by atoms with E-state index in [1.54, 1.807) is 6.07 Å². The lowest BCUT2D eigenvalue weighted by molar-refractivity contribution is -0.135. The molecule has 1 heterocycles. The lowest BCUT2D eigenvalue weighted by Crippen LogP contribution is -2.54. The molecule has 0 spiro atoms. The van der Waals surface area contributed by atoms with E-state index in [9.17, 15) is 9.59 Å². The molecule has 3 N–H and O–H groups in total. The van der Waals surface area contributed by atoms with Crippen LogP contribution >= 0.6 is 0 Å². The van der Waals surface area contributed by atoms with Gasteiger partial charge in [-0.25, -0.2) is 0 Å². The second kappa shape index (κ2) is 7.59. The Labute approximate surface area is 138 Å². The summed E-state index contributed by atoms with van der Waals surface area (Å²) in [7, 11) is 0. The number of benzene rings is 1. The number of hydrogen-bond donors (Lipinski definition) is 2. The lowest BCUT2D eigenvalue weighted by Gasteiger charge is -2.34. The van der Waals surface area contributed by atoms with E-state index in [0.717, 1.165) is 18.4 Å². The van der Waals surface area contributed by atoms with Gasteiger partial charge in [0.1, 0.15) is 6.04 Å². The van der Waals surface area contributed by atoms with Crippen LogP contribution in [0.25, 0.3) is 0 Å². The van der Waals surface area contributed by atoms with E-state index in [4.69, 9.17) is 5.73 Å². The summed E-state index contributed by atoms with van der Waals surface area (Å²) in [6.45, 7) is 7.19. The Balaban J connectivity index is 2.06. The lowest BCUT2D eigenvalue weighted by atomic mass is 9.99. The van der Waals surface area contributed by atoms with Crippen LogP contribution in [-0.4, -0.2) is 41.9 Å². The quantitative estimate of drug-likeness (QED) is 0.887. The Hall–Kier alpha value is -1.88. The molecule has 1 aliphatic heterocycles. The molecular formula is C18H27N3O2. The number of aryl methyl sites for hydroxylation is 1. The summed E-state index contributed by atoms with van der Waals surface area (Å²) in [6, 6.07) is 7.07.